The van der Waals surface area contributed by atoms with Crippen molar-refractivity contribution in [1.82, 2.24) is 0 Å². The highest BCUT2D eigenvalue weighted by molar-refractivity contribution is 6.03. The van der Waals surface area contributed by atoms with Crippen molar-refractivity contribution < 1.29 is 19.1 Å². The lowest BCUT2D eigenvalue weighted by Crippen LogP contribution is -2.14. The van der Waals surface area contributed by atoms with Crippen LogP contribution in [0.2, 0.25) is 0 Å². The second-order valence-corrected chi connectivity index (χ2v) is 7.54. The number of esters is 2. The van der Waals surface area contributed by atoms with Crippen LogP contribution in [0.5, 0.6) is 0 Å². The summed E-state index contributed by atoms with van der Waals surface area (Å²) in [6, 6.07) is 6.59. The third-order valence-corrected chi connectivity index (χ3v) is 4.90. The summed E-state index contributed by atoms with van der Waals surface area (Å²) < 4.78 is 10.5. The van der Waals surface area contributed by atoms with Gasteiger partial charge in [0, 0.05) is 6.42 Å². The van der Waals surface area contributed by atoms with Gasteiger partial charge in [-0.1, -0.05) is 95.6 Å². The van der Waals surface area contributed by atoms with Gasteiger partial charge < -0.3 is 9.47 Å². The van der Waals surface area contributed by atoms with Crippen LogP contribution in [-0.4, -0.2) is 25.2 Å². The molecule has 0 fully saturated rings. The number of rotatable bonds is 15. The first-order valence-electron chi connectivity index (χ1n) is 11.6. The molecule has 166 valence electrons. The van der Waals surface area contributed by atoms with Gasteiger partial charge in [-0.25, -0.2) is 9.59 Å². The normalized spacial score (nSPS) is 10.2. The number of ether oxygens (including phenoxy) is 2. The molecule has 0 aliphatic heterocycles. The highest BCUT2D eigenvalue weighted by Gasteiger charge is 2.18. The van der Waals surface area contributed by atoms with Crippen LogP contribution in [0, 0.1) is 11.8 Å². The van der Waals surface area contributed by atoms with Crippen molar-refractivity contribution in [2.24, 2.45) is 0 Å². The number of hydrogen-bond acceptors (Lipinski definition) is 4. The smallest absolute Gasteiger partial charge is 0.339 e. The fourth-order valence-corrected chi connectivity index (χ4v) is 3.10. The molecule has 0 radical (unpaired) electrons. The van der Waals surface area contributed by atoms with E-state index >= 15 is 0 Å². The Hall–Kier alpha value is -2.28. The molecule has 0 bridgehead atoms. The fourth-order valence-electron chi connectivity index (χ4n) is 3.10. The largest absolute Gasteiger partial charge is 0.462 e. The van der Waals surface area contributed by atoms with Gasteiger partial charge >= 0.3 is 11.9 Å². The van der Waals surface area contributed by atoms with E-state index in [-0.39, 0.29) is 17.7 Å². The molecule has 0 aromatic heterocycles. The summed E-state index contributed by atoms with van der Waals surface area (Å²) in [7, 11) is 0. The maximum absolute atomic E-state index is 12.3. The monoisotopic (exact) mass is 414 g/mol. The summed E-state index contributed by atoms with van der Waals surface area (Å²) in [4.78, 5) is 24.6. The Morgan fingerprint density at radius 2 is 1.23 bits per heavy atom. The van der Waals surface area contributed by atoms with Crippen molar-refractivity contribution in [1.29, 1.82) is 0 Å². The van der Waals surface area contributed by atoms with Gasteiger partial charge in [0.15, 0.2) is 6.61 Å². The first-order valence-corrected chi connectivity index (χ1v) is 11.6. The Morgan fingerprint density at radius 3 is 1.87 bits per heavy atom. The van der Waals surface area contributed by atoms with Gasteiger partial charge in [0.1, 0.15) is 0 Å². The van der Waals surface area contributed by atoms with Crippen molar-refractivity contribution in [3.05, 3.63) is 35.4 Å². The summed E-state index contributed by atoms with van der Waals surface area (Å²) in [5, 5.41) is 0. The fraction of sp³-hybridized carbons (Fsp3) is 0.615. The lowest BCUT2D eigenvalue weighted by Gasteiger charge is -2.08. The van der Waals surface area contributed by atoms with E-state index in [1.165, 1.54) is 44.9 Å². The van der Waals surface area contributed by atoms with Crippen molar-refractivity contribution in [3.8, 4) is 11.8 Å². The summed E-state index contributed by atoms with van der Waals surface area (Å²) in [6.07, 6.45) is 13.9. The molecule has 1 aromatic carbocycles. The molecule has 30 heavy (non-hydrogen) atoms. The molecule has 4 heteroatoms. The molecule has 1 aromatic rings. The number of hydrogen-bond donors (Lipinski definition) is 0. The van der Waals surface area contributed by atoms with Crippen molar-refractivity contribution in [2.45, 2.75) is 90.9 Å². The molecular formula is C26H38O4. The van der Waals surface area contributed by atoms with Crippen LogP contribution in [-0.2, 0) is 9.47 Å². The number of benzene rings is 1. The average Bonchev–Trinajstić information content (AvgIpc) is 2.77. The Kier molecular flexibility index (Phi) is 15.1. The van der Waals surface area contributed by atoms with E-state index in [0.29, 0.717) is 6.61 Å². The molecule has 0 atom stereocenters. The van der Waals surface area contributed by atoms with Gasteiger partial charge in [-0.05, 0) is 25.0 Å². The molecule has 0 N–H and O–H groups in total. The van der Waals surface area contributed by atoms with Crippen LogP contribution < -0.4 is 0 Å². The van der Waals surface area contributed by atoms with Gasteiger partial charge in [0.25, 0.3) is 0 Å². The van der Waals surface area contributed by atoms with E-state index in [2.05, 4.69) is 25.7 Å². The van der Waals surface area contributed by atoms with Gasteiger partial charge in [0.05, 0.1) is 17.7 Å². The standard InChI is InChI=1S/C26H38O4/c1-3-5-7-8-9-10-11-12-13-14-18-22-30-26(28)24-20-16-15-19-23(24)25(27)29-21-17-6-4-2/h15-16,19-20H,3-13,17,21-22H2,1-2H3. The van der Waals surface area contributed by atoms with Crippen LogP contribution in [0.25, 0.3) is 0 Å². The Bertz CT molecular complexity index is 669. The van der Waals surface area contributed by atoms with E-state index in [4.69, 9.17) is 9.47 Å². The Morgan fingerprint density at radius 1 is 0.700 bits per heavy atom. The first-order chi connectivity index (χ1) is 14.7. The zero-order chi connectivity index (χ0) is 21.9. The SMILES string of the molecule is CCCCCCCCCCC#CCOC(=O)c1ccccc1C(=O)OCCCCC. The molecule has 0 aliphatic rings. The van der Waals surface area contributed by atoms with Crippen molar-refractivity contribution in [3.63, 3.8) is 0 Å². The Balaban J connectivity index is 2.29. The number of carbonyl (C=O) groups is 2. The van der Waals surface area contributed by atoms with E-state index in [0.717, 1.165) is 32.1 Å². The molecule has 0 amide bonds. The number of unbranched alkanes of at least 4 members (excludes halogenated alkanes) is 10. The van der Waals surface area contributed by atoms with Gasteiger partial charge in [-0.15, -0.1) is 0 Å². The van der Waals surface area contributed by atoms with Crippen LogP contribution in [0.4, 0.5) is 0 Å². The topological polar surface area (TPSA) is 52.6 Å². The molecule has 0 unspecified atom stereocenters. The summed E-state index contributed by atoms with van der Waals surface area (Å²) in [5.41, 5.74) is 0.466. The second-order valence-electron chi connectivity index (χ2n) is 7.54. The van der Waals surface area contributed by atoms with Gasteiger partial charge in [-0.3, -0.25) is 0 Å². The minimum atomic E-state index is -0.544. The minimum absolute atomic E-state index is 0.0374. The van der Waals surface area contributed by atoms with Crippen LogP contribution in [0.1, 0.15) is 112 Å². The maximum Gasteiger partial charge on any atom is 0.339 e. The lowest BCUT2D eigenvalue weighted by atomic mass is 10.1. The van der Waals surface area contributed by atoms with E-state index in [9.17, 15) is 9.59 Å². The highest BCUT2D eigenvalue weighted by Crippen LogP contribution is 2.13. The van der Waals surface area contributed by atoms with Crippen molar-refractivity contribution in [2.75, 3.05) is 13.2 Å². The third-order valence-electron chi connectivity index (χ3n) is 4.90. The van der Waals surface area contributed by atoms with Gasteiger partial charge in [0.2, 0.25) is 0 Å². The first kappa shape index (κ1) is 25.8. The van der Waals surface area contributed by atoms with E-state index < -0.39 is 11.9 Å². The van der Waals surface area contributed by atoms with Crippen molar-refractivity contribution >= 4 is 11.9 Å². The molecule has 0 spiro atoms. The predicted octanol–water partition coefficient (Wildman–Crippen LogP) is 6.72. The zero-order valence-corrected chi connectivity index (χ0v) is 18.8. The molecule has 4 nitrogen and oxygen atoms in total. The number of carbonyl (C=O) groups excluding carboxylic acids is 2. The second kappa shape index (κ2) is 17.6. The van der Waals surface area contributed by atoms with Crippen LogP contribution in [0.3, 0.4) is 0 Å². The average molecular weight is 415 g/mol. The molecule has 0 aliphatic carbocycles. The minimum Gasteiger partial charge on any atom is -0.462 e. The zero-order valence-electron chi connectivity index (χ0n) is 18.8. The predicted molar refractivity (Wildman–Crippen MR) is 122 cm³/mol. The third kappa shape index (κ3) is 11.7. The molecule has 0 saturated carbocycles. The Labute approximate surface area is 182 Å². The summed E-state index contributed by atoms with van der Waals surface area (Å²) in [5.74, 6) is 4.92. The quantitative estimate of drug-likeness (QED) is 0.181. The van der Waals surface area contributed by atoms with Crippen LogP contribution >= 0.6 is 0 Å². The maximum atomic E-state index is 12.3. The molecule has 1 rings (SSSR count). The van der Waals surface area contributed by atoms with E-state index in [1.54, 1.807) is 24.3 Å². The van der Waals surface area contributed by atoms with Crippen LogP contribution in [0.15, 0.2) is 24.3 Å². The summed E-state index contributed by atoms with van der Waals surface area (Å²) >= 11 is 0. The lowest BCUT2D eigenvalue weighted by molar-refractivity contribution is 0.0472. The van der Waals surface area contributed by atoms with Gasteiger partial charge in [-0.2, -0.15) is 0 Å². The summed E-state index contributed by atoms with van der Waals surface area (Å²) in [6.45, 7) is 4.72. The van der Waals surface area contributed by atoms with E-state index in [1.807, 2.05) is 0 Å². The molecule has 0 saturated heterocycles. The molecular weight excluding hydrogens is 376 g/mol. The highest BCUT2D eigenvalue weighted by atomic mass is 16.5. The molecule has 0 heterocycles.